The van der Waals surface area contributed by atoms with E-state index in [1.165, 1.54) is 11.3 Å². The third kappa shape index (κ3) is 4.38. The van der Waals surface area contributed by atoms with Crippen LogP contribution in [0.2, 0.25) is 0 Å². The molecule has 0 aliphatic carbocycles. The van der Waals surface area contributed by atoms with Gasteiger partial charge in [-0.15, -0.1) is 0 Å². The Labute approximate surface area is 138 Å². The van der Waals surface area contributed by atoms with Crippen molar-refractivity contribution in [3.63, 3.8) is 0 Å². The van der Waals surface area contributed by atoms with Gasteiger partial charge in [-0.2, -0.15) is 4.98 Å². The Morgan fingerprint density at radius 2 is 2.04 bits per heavy atom. The second-order valence-electron chi connectivity index (χ2n) is 6.99. The number of nitrogens with zero attached hydrogens (tertiary/aromatic N) is 4. The number of likely N-dealkylation sites (tertiary alicyclic amines) is 1. The third-order valence-corrected chi connectivity index (χ3v) is 4.39. The monoisotopic (exact) mass is 314 g/mol. The summed E-state index contributed by atoms with van der Waals surface area (Å²) in [5.41, 5.74) is 2.49. The van der Waals surface area contributed by atoms with Gasteiger partial charge in [0.15, 0.2) is 5.82 Å². The maximum atomic E-state index is 5.31. The van der Waals surface area contributed by atoms with Crippen LogP contribution < -0.4 is 0 Å². The van der Waals surface area contributed by atoms with E-state index in [4.69, 9.17) is 4.52 Å². The van der Waals surface area contributed by atoms with Crippen LogP contribution in [-0.2, 0) is 13.0 Å². The summed E-state index contributed by atoms with van der Waals surface area (Å²) in [7, 11) is 0. The van der Waals surface area contributed by atoms with Gasteiger partial charge < -0.3 is 4.52 Å². The van der Waals surface area contributed by atoms with Crippen molar-refractivity contribution in [2.75, 3.05) is 13.1 Å². The van der Waals surface area contributed by atoms with Crippen molar-refractivity contribution in [2.24, 2.45) is 5.92 Å². The summed E-state index contributed by atoms with van der Waals surface area (Å²) in [6, 6.07) is 4.39. The van der Waals surface area contributed by atoms with Crippen LogP contribution in [0, 0.1) is 12.8 Å². The third-order valence-electron chi connectivity index (χ3n) is 4.39. The van der Waals surface area contributed by atoms with Crippen molar-refractivity contribution in [3.05, 3.63) is 41.3 Å². The molecule has 0 aromatic carbocycles. The standard InChI is InChI=1S/C18H26N4O/c1-13(2)10-17-5-4-15(11-19-17)12-22-8-6-16(7-9-22)18-20-14(3)21-23-18/h4-5,11,13,16H,6-10,12H2,1-3H3. The van der Waals surface area contributed by atoms with Gasteiger partial charge in [0, 0.05) is 24.4 Å². The van der Waals surface area contributed by atoms with Crippen molar-refractivity contribution >= 4 is 0 Å². The fourth-order valence-electron chi connectivity index (χ4n) is 3.16. The maximum Gasteiger partial charge on any atom is 0.229 e. The number of piperidine rings is 1. The Balaban J connectivity index is 1.50. The lowest BCUT2D eigenvalue weighted by Gasteiger charge is -2.30. The molecule has 0 bridgehead atoms. The van der Waals surface area contributed by atoms with Gasteiger partial charge in [0.25, 0.3) is 0 Å². The van der Waals surface area contributed by atoms with E-state index in [1.807, 2.05) is 13.1 Å². The highest BCUT2D eigenvalue weighted by Crippen LogP contribution is 2.27. The molecule has 5 heteroatoms. The van der Waals surface area contributed by atoms with E-state index in [9.17, 15) is 0 Å². The zero-order valence-corrected chi connectivity index (χ0v) is 14.3. The first-order valence-corrected chi connectivity index (χ1v) is 8.56. The van der Waals surface area contributed by atoms with E-state index in [1.54, 1.807) is 0 Å². The number of aryl methyl sites for hydroxylation is 1. The Kier molecular flexibility index (Phi) is 5.06. The molecular weight excluding hydrogens is 288 g/mol. The summed E-state index contributed by atoms with van der Waals surface area (Å²) >= 11 is 0. The van der Waals surface area contributed by atoms with Crippen LogP contribution >= 0.6 is 0 Å². The highest BCUT2D eigenvalue weighted by atomic mass is 16.5. The second-order valence-corrected chi connectivity index (χ2v) is 6.99. The van der Waals surface area contributed by atoms with Gasteiger partial charge in [-0.25, -0.2) is 0 Å². The maximum absolute atomic E-state index is 5.31. The van der Waals surface area contributed by atoms with Crippen LogP contribution in [0.3, 0.4) is 0 Å². The lowest BCUT2D eigenvalue weighted by molar-refractivity contribution is 0.187. The van der Waals surface area contributed by atoms with E-state index < -0.39 is 0 Å². The largest absolute Gasteiger partial charge is 0.339 e. The van der Waals surface area contributed by atoms with Crippen molar-refractivity contribution in [1.29, 1.82) is 0 Å². The predicted octanol–water partition coefficient (Wildman–Crippen LogP) is 3.35. The quantitative estimate of drug-likeness (QED) is 0.847. The normalized spacial score (nSPS) is 17.0. The first-order valence-electron chi connectivity index (χ1n) is 8.56. The van der Waals surface area contributed by atoms with Crippen LogP contribution in [-0.4, -0.2) is 33.1 Å². The summed E-state index contributed by atoms with van der Waals surface area (Å²) in [6.45, 7) is 9.44. The molecule has 0 amide bonds. The molecule has 124 valence electrons. The smallest absolute Gasteiger partial charge is 0.229 e. The number of hydrogen-bond donors (Lipinski definition) is 0. The highest BCUT2D eigenvalue weighted by Gasteiger charge is 2.24. The molecule has 3 heterocycles. The molecule has 1 aliphatic rings. The molecule has 23 heavy (non-hydrogen) atoms. The molecule has 0 unspecified atom stereocenters. The Bertz CT molecular complexity index is 612. The van der Waals surface area contributed by atoms with Gasteiger partial charge in [0.2, 0.25) is 5.89 Å². The number of aromatic nitrogens is 3. The summed E-state index contributed by atoms with van der Waals surface area (Å²) in [4.78, 5) is 11.4. The average Bonchev–Trinajstić information content (AvgIpc) is 2.96. The van der Waals surface area contributed by atoms with Crippen molar-refractivity contribution in [2.45, 2.75) is 52.5 Å². The van der Waals surface area contributed by atoms with Crippen LogP contribution in [0.4, 0.5) is 0 Å². The molecule has 2 aromatic heterocycles. The van der Waals surface area contributed by atoms with Crippen LogP contribution in [0.1, 0.15) is 55.6 Å². The summed E-state index contributed by atoms with van der Waals surface area (Å²) < 4.78 is 5.31. The van der Waals surface area contributed by atoms with Crippen LogP contribution in [0.5, 0.6) is 0 Å². The molecule has 0 saturated carbocycles. The minimum absolute atomic E-state index is 0.416. The Morgan fingerprint density at radius 1 is 1.26 bits per heavy atom. The van der Waals surface area contributed by atoms with Gasteiger partial charge in [0.1, 0.15) is 0 Å². The molecule has 1 saturated heterocycles. The highest BCUT2D eigenvalue weighted by molar-refractivity contribution is 5.14. The zero-order valence-electron chi connectivity index (χ0n) is 14.3. The fraction of sp³-hybridized carbons (Fsp3) is 0.611. The van der Waals surface area contributed by atoms with Gasteiger partial charge in [0.05, 0.1) is 0 Å². The Hall–Kier alpha value is -1.75. The molecule has 1 fully saturated rings. The van der Waals surface area contributed by atoms with E-state index in [0.717, 1.165) is 50.6 Å². The molecule has 1 aliphatic heterocycles. The molecule has 0 N–H and O–H groups in total. The minimum Gasteiger partial charge on any atom is -0.339 e. The number of pyridine rings is 1. The van der Waals surface area contributed by atoms with Crippen molar-refractivity contribution in [3.8, 4) is 0 Å². The van der Waals surface area contributed by atoms with Gasteiger partial charge in [-0.05, 0) is 56.8 Å². The number of rotatable bonds is 5. The van der Waals surface area contributed by atoms with Crippen LogP contribution in [0.15, 0.2) is 22.9 Å². The summed E-state index contributed by atoms with van der Waals surface area (Å²) in [5.74, 6) is 2.61. The molecule has 3 rings (SSSR count). The summed E-state index contributed by atoms with van der Waals surface area (Å²) in [6.07, 6.45) is 5.25. The first kappa shape index (κ1) is 16.1. The zero-order chi connectivity index (χ0) is 16.2. The Morgan fingerprint density at radius 3 is 2.61 bits per heavy atom. The lowest BCUT2D eigenvalue weighted by atomic mass is 9.96. The van der Waals surface area contributed by atoms with Gasteiger partial charge in [-0.1, -0.05) is 25.1 Å². The topological polar surface area (TPSA) is 55.1 Å². The molecule has 0 atom stereocenters. The van der Waals surface area contributed by atoms with Gasteiger partial charge >= 0.3 is 0 Å². The first-order chi connectivity index (χ1) is 11.1. The van der Waals surface area contributed by atoms with Gasteiger partial charge in [-0.3, -0.25) is 9.88 Å². The average molecular weight is 314 g/mol. The lowest BCUT2D eigenvalue weighted by Crippen LogP contribution is -2.32. The van der Waals surface area contributed by atoms with Crippen molar-refractivity contribution in [1.82, 2.24) is 20.0 Å². The predicted molar refractivity (Wildman–Crippen MR) is 89.1 cm³/mol. The van der Waals surface area contributed by atoms with E-state index >= 15 is 0 Å². The van der Waals surface area contributed by atoms with Crippen molar-refractivity contribution < 1.29 is 4.52 Å². The molecule has 2 aromatic rings. The number of hydrogen-bond acceptors (Lipinski definition) is 5. The van der Waals surface area contributed by atoms with E-state index in [2.05, 4.69) is 46.0 Å². The second kappa shape index (κ2) is 7.21. The molecule has 0 spiro atoms. The molecular formula is C18H26N4O. The summed E-state index contributed by atoms with van der Waals surface area (Å²) in [5, 5.41) is 3.90. The van der Waals surface area contributed by atoms with E-state index in [0.29, 0.717) is 11.8 Å². The SMILES string of the molecule is Cc1noc(C2CCN(Cc3ccc(CC(C)C)nc3)CC2)n1. The fourth-order valence-corrected chi connectivity index (χ4v) is 3.16. The minimum atomic E-state index is 0.416. The molecule has 5 nitrogen and oxygen atoms in total. The van der Waals surface area contributed by atoms with Crippen LogP contribution in [0.25, 0.3) is 0 Å². The van der Waals surface area contributed by atoms with E-state index in [-0.39, 0.29) is 0 Å². The molecule has 0 radical (unpaired) electrons.